The first-order valence-electron chi connectivity index (χ1n) is 11.4. The number of rotatable bonds is 1. The third-order valence-electron chi connectivity index (χ3n) is 9.53. The Morgan fingerprint density at radius 2 is 1.34 bits per heavy atom. The third-order valence-corrected chi connectivity index (χ3v) is 9.53. The standard InChI is InChI=1S/C24H25N3O2/c28-23-25(14-4-2-1-3-5-14)24(29)27-19-7-6-18(26(23)27)15-9-12-8-13(20(15)19)11-17-21-16(10-12)22(17)21/h1-7,12-13,15-22H,8-11H2/t12-,13+,15+,16?,17?,18+,19+,20-,21-,22-/m1/s1. The van der Waals surface area contributed by atoms with E-state index >= 15 is 0 Å². The van der Waals surface area contributed by atoms with Crippen LogP contribution in [0.5, 0.6) is 0 Å². The van der Waals surface area contributed by atoms with Gasteiger partial charge in [0.05, 0.1) is 17.8 Å². The molecule has 1 aromatic heterocycles. The number of benzene rings is 1. The molecule has 2 aromatic rings. The van der Waals surface area contributed by atoms with Gasteiger partial charge in [-0.05, 0) is 85.2 Å². The second kappa shape index (κ2) is 4.88. The second-order valence-corrected chi connectivity index (χ2v) is 10.6. The summed E-state index contributed by atoms with van der Waals surface area (Å²) in [6.07, 6.45) is 9.88. The molecule has 6 aliphatic carbocycles. The maximum Gasteiger partial charge on any atom is 0.352 e. The van der Waals surface area contributed by atoms with E-state index in [0.29, 0.717) is 17.5 Å². The van der Waals surface area contributed by atoms with E-state index in [1.54, 1.807) is 4.68 Å². The van der Waals surface area contributed by atoms with E-state index in [4.69, 9.17) is 0 Å². The van der Waals surface area contributed by atoms with Gasteiger partial charge in [0, 0.05) is 0 Å². The summed E-state index contributed by atoms with van der Waals surface area (Å²) in [6.45, 7) is 0. The quantitative estimate of drug-likeness (QED) is 0.707. The van der Waals surface area contributed by atoms with Crippen LogP contribution in [0.4, 0.5) is 0 Å². The van der Waals surface area contributed by atoms with E-state index in [9.17, 15) is 9.59 Å². The molecule has 5 saturated carbocycles. The second-order valence-electron chi connectivity index (χ2n) is 10.6. The van der Waals surface area contributed by atoms with Gasteiger partial charge in [0.2, 0.25) is 0 Å². The fraction of sp³-hybridized carbons (Fsp3) is 0.583. The van der Waals surface area contributed by atoms with Crippen LogP contribution < -0.4 is 11.4 Å². The Hall–Kier alpha value is -2.30. The van der Waals surface area contributed by atoms with Crippen LogP contribution in [-0.4, -0.2) is 13.9 Å². The van der Waals surface area contributed by atoms with Gasteiger partial charge in [-0.25, -0.2) is 23.5 Å². The van der Waals surface area contributed by atoms with Crippen LogP contribution in [0.1, 0.15) is 37.8 Å². The van der Waals surface area contributed by atoms with E-state index in [-0.39, 0.29) is 23.5 Å². The summed E-state index contributed by atoms with van der Waals surface area (Å²) in [6, 6.07) is 9.50. The number of hydrogen-bond donors (Lipinski definition) is 0. The van der Waals surface area contributed by atoms with Gasteiger partial charge in [-0.1, -0.05) is 30.4 Å². The first kappa shape index (κ1) is 15.5. The number of aromatic nitrogens is 3. The SMILES string of the molecule is O=c1n(-c2ccccc2)c(=O)n2n1[C@H]1C=C[C@H]2[C@@H]2[C@@H]3CC4[C@H]5C(C[C@H](C3)C[C@H]21)[C@H]45. The lowest BCUT2D eigenvalue weighted by Crippen LogP contribution is -2.54. The number of hydrogen-bond acceptors (Lipinski definition) is 2. The number of para-hydroxylation sites is 1. The summed E-state index contributed by atoms with van der Waals surface area (Å²) in [5.41, 5.74) is 0.342. The van der Waals surface area contributed by atoms with Gasteiger partial charge in [0.25, 0.3) is 0 Å². The van der Waals surface area contributed by atoms with Crippen molar-refractivity contribution in [1.82, 2.24) is 13.9 Å². The first-order valence-corrected chi connectivity index (χ1v) is 11.4. The topological polar surface area (TPSA) is 48.9 Å². The fourth-order valence-electron chi connectivity index (χ4n) is 8.44. The minimum Gasteiger partial charge on any atom is -0.245 e. The summed E-state index contributed by atoms with van der Waals surface area (Å²) in [4.78, 5) is 26.8. The highest BCUT2D eigenvalue weighted by Crippen LogP contribution is 2.79. The van der Waals surface area contributed by atoms with Crippen LogP contribution in [-0.2, 0) is 0 Å². The molecule has 5 nitrogen and oxygen atoms in total. The molecule has 0 unspecified atom stereocenters. The molecule has 5 fully saturated rings. The van der Waals surface area contributed by atoms with Crippen LogP contribution in [0.25, 0.3) is 5.69 Å². The minimum atomic E-state index is -0.169. The Kier molecular flexibility index (Phi) is 2.61. The summed E-state index contributed by atoms with van der Waals surface area (Å²) in [7, 11) is 0. The zero-order chi connectivity index (χ0) is 19.0. The molecule has 0 saturated heterocycles. The summed E-state index contributed by atoms with van der Waals surface area (Å²) >= 11 is 0. The van der Waals surface area contributed by atoms with Gasteiger partial charge in [-0.15, -0.1) is 0 Å². The largest absolute Gasteiger partial charge is 0.352 e. The van der Waals surface area contributed by atoms with E-state index in [1.165, 1.54) is 30.3 Å². The van der Waals surface area contributed by atoms with Crippen LogP contribution in [0.15, 0.2) is 52.1 Å². The average molecular weight is 387 g/mol. The van der Waals surface area contributed by atoms with Crippen molar-refractivity contribution in [2.45, 2.75) is 37.8 Å². The Bertz CT molecular complexity index is 1170. The van der Waals surface area contributed by atoms with Crippen molar-refractivity contribution in [2.75, 3.05) is 0 Å². The predicted octanol–water partition coefficient (Wildman–Crippen LogP) is 3.01. The predicted molar refractivity (Wildman–Crippen MR) is 108 cm³/mol. The summed E-state index contributed by atoms with van der Waals surface area (Å²) in [5.74, 6) is 6.76. The third kappa shape index (κ3) is 1.75. The fourth-order valence-corrected chi connectivity index (χ4v) is 8.44. The molecule has 0 N–H and O–H groups in total. The zero-order valence-corrected chi connectivity index (χ0v) is 16.3. The molecule has 3 heterocycles. The lowest BCUT2D eigenvalue weighted by molar-refractivity contribution is -0.0248. The van der Waals surface area contributed by atoms with Gasteiger partial charge in [0.1, 0.15) is 0 Å². The molecule has 10 rings (SSSR count). The van der Waals surface area contributed by atoms with Crippen molar-refractivity contribution in [3.63, 3.8) is 0 Å². The highest BCUT2D eigenvalue weighted by molar-refractivity contribution is 5.31. The first-order chi connectivity index (χ1) is 14.2. The minimum absolute atomic E-state index is 0.0450. The smallest absolute Gasteiger partial charge is 0.245 e. The molecule has 6 bridgehead atoms. The zero-order valence-electron chi connectivity index (χ0n) is 16.3. The summed E-state index contributed by atoms with van der Waals surface area (Å²) < 4.78 is 5.00. The Balaban J connectivity index is 1.29. The van der Waals surface area contributed by atoms with Crippen LogP contribution in [0.3, 0.4) is 0 Å². The van der Waals surface area contributed by atoms with Crippen molar-refractivity contribution in [3.05, 3.63) is 63.5 Å². The maximum absolute atomic E-state index is 13.4. The Labute approximate surface area is 168 Å². The highest BCUT2D eigenvalue weighted by atomic mass is 16.2. The normalized spacial score (nSPS) is 46.9. The molecular weight excluding hydrogens is 362 g/mol. The monoisotopic (exact) mass is 387 g/mol. The van der Waals surface area contributed by atoms with Crippen molar-refractivity contribution in [1.29, 1.82) is 0 Å². The molecule has 0 amide bonds. The lowest BCUT2D eigenvalue weighted by atomic mass is 9.56. The Morgan fingerprint density at radius 1 is 0.690 bits per heavy atom. The van der Waals surface area contributed by atoms with E-state index in [2.05, 4.69) is 12.2 Å². The molecule has 148 valence electrons. The molecule has 2 aliphatic heterocycles. The van der Waals surface area contributed by atoms with Gasteiger partial charge in [0.15, 0.2) is 0 Å². The van der Waals surface area contributed by atoms with Gasteiger partial charge >= 0.3 is 11.4 Å². The molecule has 5 heteroatoms. The molecule has 1 aromatic carbocycles. The highest BCUT2D eigenvalue weighted by Gasteiger charge is 2.74. The van der Waals surface area contributed by atoms with Crippen molar-refractivity contribution < 1.29 is 0 Å². The molecule has 0 radical (unpaired) electrons. The van der Waals surface area contributed by atoms with E-state index in [1.807, 2.05) is 35.0 Å². The lowest BCUT2D eigenvalue weighted by Gasteiger charge is -2.54. The van der Waals surface area contributed by atoms with E-state index < -0.39 is 0 Å². The number of allylic oxidation sites excluding steroid dienone is 2. The molecular formula is C24H25N3O2. The Morgan fingerprint density at radius 3 is 2.14 bits per heavy atom. The molecule has 8 atom stereocenters. The van der Waals surface area contributed by atoms with Gasteiger partial charge in [-0.3, -0.25) is 0 Å². The molecule has 0 spiro atoms. The van der Waals surface area contributed by atoms with Crippen LogP contribution in [0.2, 0.25) is 0 Å². The maximum atomic E-state index is 13.4. The number of nitrogens with zero attached hydrogens (tertiary/aromatic N) is 3. The summed E-state index contributed by atoms with van der Waals surface area (Å²) in [5, 5.41) is 0. The van der Waals surface area contributed by atoms with Crippen molar-refractivity contribution in [3.8, 4) is 5.69 Å². The molecule has 8 aliphatic rings. The average Bonchev–Trinajstić information content (AvgIpc) is 3.61. The van der Waals surface area contributed by atoms with Crippen molar-refractivity contribution >= 4 is 0 Å². The molecule has 29 heavy (non-hydrogen) atoms. The van der Waals surface area contributed by atoms with Gasteiger partial charge < -0.3 is 0 Å². The van der Waals surface area contributed by atoms with E-state index in [0.717, 1.165) is 35.5 Å². The van der Waals surface area contributed by atoms with Crippen LogP contribution >= 0.6 is 0 Å². The van der Waals surface area contributed by atoms with Crippen molar-refractivity contribution in [2.24, 2.45) is 47.3 Å². The van der Waals surface area contributed by atoms with Gasteiger partial charge in [-0.2, -0.15) is 0 Å². The van der Waals surface area contributed by atoms with Crippen LogP contribution in [0, 0.1) is 47.3 Å².